The van der Waals surface area contributed by atoms with Crippen molar-refractivity contribution in [3.8, 4) is 17.2 Å². The predicted octanol–water partition coefficient (Wildman–Crippen LogP) is 7.04. The summed E-state index contributed by atoms with van der Waals surface area (Å²) in [5, 5.41) is -0.0632. The van der Waals surface area contributed by atoms with Gasteiger partial charge in [-0.25, -0.2) is 4.79 Å². The summed E-state index contributed by atoms with van der Waals surface area (Å²) in [5.74, 6) is -0.239. The molecule has 10 heteroatoms. The van der Waals surface area contributed by atoms with Crippen LogP contribution < -0.4 is 14.2 Å². The van der Waals surface area contributed by atoms with Crippen LogP contribution in [0, 0.1) is 6.92 Å². The largest absolute Gasteiger partial charge is 0.492 e. The smallest absolute Gasteiger partial charge is 0.345 e. The van der Waals surface area contributed by atoms with E-state index >= 15 is 0 Å². The molecule has 1 aliphatic rings. The molecule has 196 valence electrons. The standard InChI is InChI=1S/C28H23Cl2NO6S/c1-3-35-23-15-18(14-22(30)25(23)37-27(33)20-6-4-5-7-21(20)29)16-24-26(32)31(28(34)38-24)12-13-36-19-10-8-17(2)9-11-19/h4-11,14-16H,3,12-13H2,1-2H3/b24-16-. The fourth-order valence-electron chi connectivity index (χ4n) is 3.54. The Bertz CT molecular complexity index is 1410. The molecule has 0 N–H and O–H groups in total. The Morgan fingerprint density at radius 2 is 1.74 bits per heavy atom. The number of ether oxygens (including phenoxy) is 3. The van der Waals surface area contributed by atoms with Gasteiger partial charge in [-0.1, -0.05) is 53.0 Å². The van der Waals surface area contributed by atoms with Gasteiger partial charge in [0.1, 0.15) is 12.4 Å². The van der Waals surface area contributed by atoms with Crippen LogP contribution in [0.3, 0.4) is 0 Å². The van der Waals surface area contributed by atoms with Gasteiger partial charge in [0.15, 0.2) is 11.5 Å². The van der Waals surface area contributed by atoms with Gasteiger partial charge in [-0.05, 0) is 73.6 Å². The number of aryl methyl sites for hydroxylation is 1. The number of amides is 2. The number of thioether (sulfide) groups is 1. The van der Waals surface area contributed by atoms with Crippen molar-refractivity contribution in [2.45, 2.75) is 13.8 Å². The molecule has 0 aliphatic carbocycles. The van der Waals surface area contributed by atoms with Crippen LogP contribution in [-0.2, 0) is 4.79 Å². The fraction of sp³-hybridized carbons (Fsp3) is 0.179. The van der Waals surface area contributed by atoms with Crippen LogP contribution in [0.15, 0.2) is 65.6 Å². The number of hydrogen-bond donors (Lipinski definition) is 0. The van der Waals surface area contributed by atoms with E-state index in [-0.39, 0.29) is 51.8 Å². The van der Waals surface area contributed by atoms with Crippen LogP contribution in [0.2, 0.25) is 10.0 Å². The highest BCUT2D eigenvalue weighted by atomic mass is 35.5. The second-order valence-corrected chi connectivity index (χ2v) is 9.93. The molecule has 1 saturated heterocycles. The zero-order chi connectivity index (χ0) is 27.2. The third-order valence-corrected chi connectivity index (χ3v) is 6.91. The van der Waals surface area contributed by atoms with Gasteiger partial charge >= 0.3 is 5.97 Å². The highest BCUT2D eigenvalue weighted by Crippen LogP contribution is 2.39. The van der Waals surface area contributed by atoms with Gasteiger partial charge in [0.25, 0.3) is 11.1 Å². The summed E-state index contributed by atoms with van der Waals surface area (Å²) < 4.78 is 16.8. The Balaban J connectivity index is 1.49. The lowest BCUT2D eigenvalue weighted by Gasteiger charge is -2.14. The number of halogens is 2. The van der Waals surface area contributed by atoms with Crippen LogP contribution in [0.25, 0.3) is 6.08 Å². The van der Waals surface area contributed by atoms with Crippen LogP contribution in [-0.4, -0.2) is 41.8 Å². The van der Waals surface area contributed by atoms with Crippen molar-refractivity contribution in [1.29, 1.82) is 0 Å². The van der Waals surface area contributed by atoms with E-state index in [1.54, 1.807) is 37.3 Å². The minimum Gasteiger partial charge on any atom is -0.492 e. The average molecular weight is 572 g/mol. The summed E-state index contributed by atoms with van der Waals surface area (Å²) >= 11 is 13.4. The molecule has 1 heterocycles. The summed E-state index contributed by atoms with van der Waals surface area (Å²) in [7, 11) is 0. The molecule has 0 unspecified atom stereocenters. The minimum atomic E-state index is -0.694. The summed E-state index contributed by atoms with van der Waals surface area (Å²) in [5.41, 5.74) is 1.78. The van der Waals surface area contributed by atoms with Gasteiger partial charge in [0.05, 0.1) is 33.7 Å². The first-order valence-electron chi connectivity index (χ1n) is 11.6. The molecule has 0 aromatic heterocycles. The second-order valence-electron chi connectivity index (χ2n) is 8.13. The van der Waals surface area contributed by atoms with E-state index in [0.29, 0.717) is 11.3 Å². The van der Waals surface area contributed by atoms with Gasteiger partial charge in [-0.15, -0.1) is 0 Å². The van der Waals surface area contributed by atoms with E-state index in [1.807, 2.05) is 31.2 Å². The molecular weight excluding hydrogens is 549 g/mol. The first-order valence-corrected chi connectivity index (χ1v) is 13.2. The number of esters is 1. The summed E-state index contributed by atoms with van der Waals surface area (Å²) in [6.45, 7) is 4.29. The maximum atomic E-state index is 12.9. The van der Waals surface area contributed by atoms with Gasteiger partial charge in [-0.2, -0.15) is 0 Å². The number of carbonyl (C=O) groups is 3. The molecule has 1 fully saturated rings. The Hall–Kier alpha value is -3.46. The number of nitrogens with zero attached hydrogens (tertiary/aromatic N) is 1. The molecule has 0 radical (unpaired) electrons. The van der Waals surface area contributed by atoms with Crippen molar-refractivity contribution >= 4 is 58.2 Å². The van der Waals surface area contributed by atoms with Crippen LogP contribution >= 0.6 is 35.0 Å². The summed E-state index contributed by atoms with van der Waals surface area (Å²) in [6.07, 6.45) is 1.54. The lowest BCUT2D eigenvalue weighted by atomic mass is 10.1. The van der Waals surface area contributed by atoms with E-state index in [9.17, 15) is 14.4 Å². The number of benzene rings is 3. The second kappa shape index (κ2) is 12.4. The molecule has 0 bridgehead atoms. The molecule has 3 aromatic rings. The fourth-order valence-corrected chi connectivity index (χ4v) is 4.88. The van der Waals surface area contributed by atoms with Gasteiger partial charge in [0.2, 0.25) is 0 Å². The molecular formula is C28H23Cl2NO6S. The molecule has 0 atom stereocenters. The van der Waals surface area contributed by atoms with E-state index in [1.165, 1.54) is 12.1 Å². The van der Waals surface area contributed by atoms with Gasteiger partial charge in [-0.3, -0.25) is 14.5 Å². The third-order valence-electron chi connectivity index (χ3n) is 5.40. The topological polar surface area (TPSA) is 82.1 Å². The number of imide groups is 1. The van der Waals surface area contributed by atoms with Crippen molar-refractivity contribution in [1.82, 2.24) is 4.90 Å². The highest BCUT2D eigenvalue weighted by Gasteiger charge is 2.35. The van der Waals surface area contributed by atoms with Gasteiger partial charge < -0.3 is 14.2 Å². The van der Waals surface area contributed by atoms with E-state index < -0.39 is 17.1 Å². The highest BCUT2D eigenvalue weighted by molar-refractivity contribution is 8.18. The monoisotopic (exact) mass is 571 g/mol. The maximum Gasteiger partial charge on any atom is 0.345 e. The van der Waals surface area contributed by atoms with Crippen LogP contribution in [0.5, 0.6) is 17.2 Å². The Morgan fingerprint density at radius 3 is 2.45 bits per heavy atom. The number of hydrogen-bond acceptors (Lipinski definition) is 7. The lowest BCUT2D eigenvalue weighted by Crippen LogP contribution is -2.32. The van der Waals surface area contributed by atoms with Crippen molar-refractivity contribution in [2.24, 2.45) is 0 Å². The minimum absolute atomic E-state index is 0.0249. The van der Waals surface area contributed by atoms with Gasteiger partial charge in [0, 0.05) is 0 Å². The summed E-state index contributed by atoms with van der Waals surface area (Å²) in [6, 6.07) is 17.1. The molecule has 3 aromatic carbocycles. The van der Waals surface area contributed by atoms with Crippen molar-refractivity contribution < 1.29 is 28.6 Å². The average Bonchev–Trinajstić information content (AvgIpc) is 3.15. The van der Waals surface area contributed by atoms with E-state index in [2.05, 4.69) is 0 Å². The van der Waals surface area contributed by atoms with Crippen molar-refractivity contribution in [2.75, 3.05) is 19.8 Å². The normalized spacial score (nSPS) is 14.2. The zero-order valence-corrected chi connectivity index (χ0v) is 22.9. The van der Waals surface area contributed by atoms with E-state index in [4.69, 9.17) is 37.4 Å². The van der Waals surface area contributed by atoms with Crippen molar-refractivity contribution in [3.05, 3.63) is 92.3 Å². The molecule has 1 aliphatic heterocycles. The molecule has 0 saturated carbocycles. The molecule has 0 spiro atoms. The zero-order valence-electron chi connectivity index (χ0n) is 20.5. The van der Waals surface area contributed by atoms with E-state index in [0.717, 1.165) is 22.2 Å². The van der Waals surface area contributed by atoms with Crippen molar-refractivity contribution in [3.63, 3.8) is 0 Å². The maximum absolute atomic E-state index is 12.9. The molecule has 4 rings (SSSR count). The number of carbonyl (C=O) groups excluding carboxylic acids is 3. The molecule has 7 nitrogen and oxygen atoms in total. The summed E-state index contributed by atoms with van der Waals surface area (Å²) in [4.78, 5) is 39.5. The first kappa shape index (κ1) is 27.6. The Kier molecular flexibility index (Phi) is 8.99. The molecule has 38 heavy (non-hydrogen) atoms. The molecule has 2 amide bonds. The third kappa shape index (κ3) is 6.51. The predicted molar refractivity (Wildman–Crippen MR) is 148 cm³/mol. The first-order chi connectivity index (χ1) is 18.3. The lowest BCUT2D eigenvalue weighted by molar-refractivity contribution is -0.123. The Labute approximate surface area is 234 Å². The quantitative estimate of drug-likeness (QED) is 0.155. The Morgan fingerprint density at radius 1 is 1.00 bits per heavy atom. The SMILES string of the molecule is CCOc1cc(/C=C2\SC(=O)N(CCOc3ccc(C)cc3)C2=O)cc(Cl)c1OC(=O)c1ccccc1Cl. The van der Waals surface area contributed by atoms with Crippen LogP contribution in [0.4, 0.5) is 4.79 Å². The van der Waals surface area contributed by atoms with Crippen LogP contribution in [0.1, 0.15) is 28.4 Å². The number of rotatable bonds is 9.